The number of aryl methyl sites for hydroxylation is 1. The fourth-order valence-electron chi connectivity index (χ4n) is 2.47. The van der Waals surface area contributed by atoms with Crippen LogP contribution in [0.4, 0.5) is 0 Å². The van der Waals surface area contributed by atoms with Crippen LogP contribution in [-0.2, 0) is 15.9 Å². The molecule has 1 aliphatic rings. The molecule has 0 bridgehead atoms. The zero-order valence-electron chi connectivity index (χ0n) is 10.6. The summed E-state index contributed by atoms with van der Waals surface area (Å²) in [6.45, 7) is 0.728. The molecule has 0 saturated carbocycles. The van der Waals surface area contributed by atoms with Gasteiger partial charge in [0.25, 0.3) is 0 Å². The van der Waals surface area contributed by atoms with Gasteiger partial charge < -0.3 is 14.8 Å². The molecule has 1 unspecified atom stereocenters. The smallest absolute Gasteiger partial charge is 0.169 e. The van der Waals surface area contributed by atoms with Gasteiger partial charge in [0, 0.05) is 26.8 Å². The van der Waals surface area contributed by atoms with E-state index in [1.165, 1.54) is 30.4 Å². The molecule has 3 nitrogen and oxygen atoms in total. The molecule has 0 spiro atoms. The van der Waals surface area contributed by atoms with E-state index >= 15 is 0 Å². The first-order valence-electron chi connectivity index (χ1n) is 6.22. The zero-order chi connectivity index (χ0) is 12.1. The Hall–Kier alpha value is -0.900. The van der Waals surface area contributed by atoms with Crippen LogP contribution in [0, 0.1) is 0 Å². The Labute approximate surface area is 103 Å². The van der Waals surface area contributed by atoms with Crippen LogP contribution in [0.5, 0.6) is 0 Å². The Balaban J connectivity index is 1.99. The quantitative estimate of drug-likeness (QED) is 0.794. The molecule has 0 heterocycles. The second-order valence-electron chi connectivity index (χ2n) is 4.45. The van der Waals surface area contributed by atoms with Gasteiger partial charge in [0.2, 0.25) is 0 Å². The van der Waals surface area contributed by atoms with E-state index in [-0.39, 0.29) is 6.29 Å². The lowest BCUT2D eigenvalue weighted by molar-refractivity contribution is -0.100. The molecular weight excluding hydrogens is 214 g/mol. The van der Waals surface area contributed by atoms with Crippen molar-refractivity contribution in [2.24, 2.45) is 0 Å². The molecule has 1 N–H and O–H groups in total. The van der Waals surface area contributed by atoms with E-state index < -0.39 is 0 Å². The first-order chi connectivity index (χ1) is 8.35. The van der Waals surface area contributed by atoms with Crippen LogP contribution in [0.1, 0.15) is 30.0 Å². The van der Waals surface area contributed by atoms with E-state index in [9.17, 15) is 0 Å². The fraction of sp³-hybridized carbons (Fsp3) is 0.571. The summed E-state index contributed by atoms with van der Waals surface area (Å²) in [6, 6.07) is 9.12. The molecule has 0 fully saturated rings. The van der Waals surface area contributed by atoms with Gasteiger partial charge in [-0.15, -0.1) is 0 Å². The van der Waals surface area contributed by atoms with E-state index in [1.807, 2.05) is 0 Å². The molecule has 1 aliphatic carbocycles. The Morgan fingerprint density at radius 3 is 2.82 bits per heavy atom. The Kier molecular flexibility index (Phi) is 4.54. The van der Waals surface area contributed by atoms with Crippen LogP contribution >= 0.6 is 0 Å². The first kappa shape index (κ1) is 12.6. The highest BCUT2D eigenvalue weighted by Gasteiger charge is 2.20. The summed E-state index contributed by atoms with van der Waals surface area (Å²) in [5.74, 6) is 0. The number of hydrogen-bond acceptors (Lipinski definition) is 3. The van der Waals surface area contributed by atoms with Gasteiger partial charge in [0.15, 0.2) is 6.29 Å². The minimum Gasteiger partial charge on any atom is -0.355 e. The van der Waals surface area contributed by atoms with Gasteiger partial charge in [-0.1, -0.05) is 24.3 Å². The third kappa shape index (κ3) is 3.06. The van der Waals surface area contributed by atoms with Crippen molar-refractivity contribution in [1.82, 2.24) is 5.32 Å². The lowest BCUT2D eigenvalue weighted by Crippen LogP contribution is -2.34. The molecular formula is C14H21NO2. The number of benzene rings is 1. The topological polar surface area (TPSA) is 30.5 Å². The molecule has 2 rings (SSSR count). The van der Waals surface area contributed by atoms with Crippen molar-refractivity contribution in [2.45, 2.75) is 31.6 Å². The molecule has 17 heavy (non-hydrogen) atoms. The van der Waals surface area contributed by atoms with Crippen molar-refractivity contribution in [3.05, 3.63) is 35.4 Å². The second-order valence-corrected chi connectivity index (χ2v) is 4.45. The molecule has 1 aromatic carbocycles. The summed E-state index contributed by atoms with van der Waals surface area (Å²) >= 11 is 0. The molecule has 3 heteroatoms. The van der Waals surface area contributed by atoms with Crippen molar-refractivity contribution in [2.75, 3.05) is 20.8 Å². The molecule has 94 valence electrons. The monoisotopic (exact) mass is 235 g/mol. The van der Waals surface area contributed by atoms with Gasteiger partial charge in [-0.05, 0) is 30.4 Å². The second kappa shape index (κ2) is 6.15. The standard InChI is InChI=1S/C14H21NO2/c1-16-14(17-2)10-15-13-9-5-7-11-6-3-4-8-12(11)13/h3-4,6,8,13-15H,5,7,9-10H2,1-2H3. The van der Waals surface area contributed by atoms with Crippen LogP contribution in [0.3, 0.4) is 0 Å². The average molecular weight is 235 g/mol. The lowest BCUT2D eigenvalue weighted by Gasteiger charge is -2.27. The van der Waals surface area contributed by atoms with Crippen LogP contribution in [0.15, 0.2) is 24.3 Å². The summed E-state index contributed by atoms with van der Waals surface area (Å²) in [4.78, 5) is 0. The van der Waals surface area contributed by atoms with Gasteiger partial charge in [0.05, 0.1) is 0 Å². The summed E-state index contributed by atoms with van der Waals surface area (Å²) in [5.41, 5.74) is 2.91. The third-order valence-corrected chi connectivity index (χ3v) is 3.43. The maximum Gasteiger partial charge on any atom is 0.169 e. The highest BCUT2D eigenvalue weighted by atomic mass is 16.7. The Bertz CT molecular complexity index is 350. The van der Waals surface area contributed by atoms with Gasteiger partial charge in [-0.2, -0.15) is 0 Å². The SMILES string of the molecule is COC(CNC1CCCc2ccccc21)OC. The number of methoxy groups -OCH3 is 2. The predicted octanol–water partition coefficient (Wildman–Crippen LogP) is 2.27. The van der Waals surface area contributed by atoms with E-state index in [4.69, 9.17) is 9.47 Å². The number of rotatable bonds is 5. The summed E-state index contributed by atoms with van der Waals surface area (Å²) in [7, 11) is 3.34. The summed E-state index contributed by atoms with van der Waals surface area (Å²) in [5, 5.41) is 3.53. The van der Waals surface area contributed by atoms with Crippen molar-refractivity contribution >= 4 is 0 Å². The van der Waals surface area contributed by atoms with E-state index in [2.05, 4.69) is 29.6 Å². The number of nitrogens with one attached hydrogen (secondary N) is 1. The van der Waals surface area contributed by atoms with Crippen molar-refractivity contribution in [1.29, 1.82) is 0 Å². The van der Waals surface area contributed by atoms with E-state index in [0.29, 0.717) is 6.04 Å². The fourth-order valence-corrected chi connectivity index (χ4v) is 2.47. The van der Waals surface area contributed by atoms with Gasteiger partial charge in [-0.25, -0.2) is 0 Å². The highest BCUT2D eigenvalue weighted by Crippen LogP contribution is 2.29. The number of ether oxygens (including phenoxy) is 2. The van der Waals surface area contributed by atoms with E-state index in [0.717, 1.165) is 6.54 Å². The van der Waals surface area contributed by atoms with Gasteiger partial charge >= 0.3 is 0 Å². The minimum atomic E-state index is -0.163. The van der Waals surface area contributed by atoms with Gasteiger partial charge in [-0.3, -0.25) is 0 Å². The number of hydrogen-bond donors (Lipinski definition) is 1. The van der Waals surface area contributed by atoms with Crippen LogP contribution in [-0.4, -0.2) is 27.1 Å². The van der Waals surface area contributed by atoms with Crippen molar-refractivity contribution in [3.63, 3.8) is 0 Å². The van der Waals surface area contributed by atoms with Crippen LogP contribution < -0.4 is 5.32 Å². The van der Waals surface area contributed by atoms with Crippen molar-refractivity contribution < 1.29 is 9.47 Å². The number of fused-ring (bicyclic) bond motifs is 1. The first-order valence-corrected chi connectivity index (χ1v) is 6.22. The molecule has 0 aliphatic heterocycles. The molecule has 0 saturated heterocycles. The Morgan fingerprint density at radius 1 is 1.29 bits per heavy atom. The largest absolute Gasteiger partial charge is 0.355 e. The molecule has 0 radical (unpaired) electrons. The molecule has 1 atom stereocenters. The highest BCUT2D eigenvalue weighted by molar-refractivity contribution is 5.32. The van der Waals surface area contributed by atoms with Crippen LogP contribution in [0.25, 0.3) is 0 Å². The maximum atomic E-state index is 5.19. The summed E-state index contributed by atoms with van der Waals surface area (Å²) in [6.07, 6.45) is 3.48. The Morgan fingerprint density at radius 2 is 2.06 bits per heavy atom. The van der Waals surface area contributed by atoms with Gasteiger partial charge in [0.1, 0.15) is 0 Å². The average Bonchev–Trinajstić information content (AvgIpc) is 2.40. The predicted molar refractivity (Wildman–Crippen MR) is 67.9 cm³/mol. The molecule has 1 aromatic rings. The third-order valence-electron chi connectivity index (χ3n) is 3.43. The molecule has 0 aromatic heterocycles. The molecule has 0 amide bonds. The minimum absolute atomic E-state index is 0.163. The lowest BCUT2D eigenvalue weighted by atomic mass is 9.88. The van der Waals surface area contributed by atoms with Crippen molar-refractivity contribution in [3.8, 4) is 0 Å². The van der Waals surface area contributed by atoms with E-state index in [1.54, 1.807) is 14.2 Å². The maximum absolute atomic E-state index is 5.19. The summed E-state index contributed by atoms with van der Waals surface area (Å²) < 4.78 is 10.4. The van der Waals surface area contributed by atoms with Crippen LogP contribution in [0.2, 0.25) is 0 Å². The normalized spacial score (nSPS) is 19.4. The zero-order valence-corrected chi connectivity index (χ0v) is 10.6.